The van der Waals surface area contributed by atoms with Crippen LogP contribution in [-0.2, 0) is 19.1 Å². The Balaban J connectivity index is 1.28. The van der Waals surface area contributed by atoms with Crippen molar-refractivity contribution < 1.29 is 22.4 Å². The van der Waals surface area contributed by atoms with Crippen molar-refractivity contribution in [3.05, 3.63) is 94.9 Å². The molecule has 0 aliphatic heterocycles. The predicted molar refractivity (Wildman–Crippen MR) is 151 cm³/mol. The van der Waals surface area contributed by atoms with E-state index in [9.17, 15) is 18.0 Å². The molecule has 0 fully saturated rings. The van der Waals surface area contributed by atoms with Crippen LogP contribution in [0.25, 0.3) is 21.8 Å². The van der Waals surface area contributed by atoms with Crippen molar-refractivity contribution in [2.24, 2.45) is 5.10 Å². The molecule has 1 aliphatic rings. The quantitative estimate of drug-likeness (QED) is 0.219. The third-order valence-corrected chi connectivity index (χ3v) is 7.39. The number of nitrogens with zero attached hydrogens (tertiary/aromatic N) is 2. The molecule has 5 aromatic rings. The van der Waals surface area contributed by atoms with Gasteiger partial charge in [-0.05, 0) is 69.2 Å². The number of nitrogens with one attached hydrogen (secondary N) is 2. The molecule has 6 rings (SSSR count). The summed E-state index contributed by atoms with van der Waals surface area (Å²) in [5.74, 6) is 0.491. The molecule has 2 aromatic heterocycles. The third kappa shape index (κ3) is 4.51. The number of halogens is 3. The summed E-state index contributed by atoms with van der Waals surface area (Å²) < 4.78 is 47.6. The lowest BCUT2D eigenvalue weighted by Crippen LogP contribution is -2.14. The molecular weight excluding hydrogens is 517 g/mol. The van der Waals surface area contributed by atoms with Crippen molar-refractivity contribution in [1.29, 1.82) is 0 Å². The first kappa shape index (κ1) is 25.7. The minimum atomic E-state index is -4.44. The Bertz CT molecular complexity index is 1800. The molecule has 6 nitrogen and oxygen atoms in total. The van der Waals surface area contributed by atoms with E-state index in [1.165, 1.54) is 12.1 Å². The van der Waals surface area contributed by atoms with Gasteiger partial charge in [-0.1, -0.05) is 24.3 Å². The summed E-state index contributed by atoms with van der Waals surface area (Å²) in [6.45, 7) is 4.75. The summed E-state index contributed by atoms with van der Waals surface area (Å²) in [7, 11) is 0. The van der Waals surface area contributed by atoms with Gasteiger partial charge < -0.3 is 14.3 Å². The molecule has 40 heavy (non-hydrogen) atoms. The number of carbonyl (C=O) groups is 1. The van der Waals surface area contributed by atoms with Crippen LogP contribution in [0.15, 0.2) is 76.2 Å². The van der Waals surface area contributed by atoms with E-state index < -0.39 is 11.7 Å². The molecule has 2 heterocycles. The Morgan fingerprint density at radius 1 is 0.975 bits per heavy atom. The maximum Gasteiger partial charge on any atom is 0.416 e. The second kappa shape index (κ2) is 9.89. The fraction of sp³-hybridized carbons (Fsp3) is 0.226. The molecule has 9 heteroatoms. The highest BCUT2D eigenvalue weighted by Gasteiger charge is 2.31. The summed E-state index contributed by atoms with van der Waals surface area (Å²) in [5, 5.41) is 9.57. The fourth-order valence-electron chi connectivity index (χ4n) is 5.55. The Kier molecular flexibility index (Phi) is 6.37. The maximum absolute atomic E-state index is 13.4. The number of benzene rings is 3. The van der Waals surface area contributed by atoms with E-state index in [-0.39, 0.29) is 17.4 Å². The van der Waals surface area contributed by atoms with Crippen LogP contribution in [-0.4, -0.2) is 16.2 Å². The highest BCUT2D eigenvalue weighted by molar-refractivity contribution is 6.12. The van der Waals surface area contributed by atoms with Gasteiger partial charge in [0.15, 0.2) is 5.76 Å². The summed E-state index contributed by atoms with van der Waals surface area (Å²) in [6, 6.07) is 19.0. The van der Waals surface area contributed by atoms with E-state index in [0.717, 1.165) is 52.5 Å². The van der Waals surface area contributed by atoms with E-state index in [2.05, 4.69) is 39.5 Å². The standard InChI is InChI=1S/C31H27F3N4O2/c1-3-38-25-12-5-4-10-22(25)23-17-20(14-15-26(23)38)35-30(39)29-18(2)28-24(11-7-13-27(28)40-29)37-36-21-9-6-8-19(16-21)31(32,33)34/h4-6,8-10,12,14-17,36H,3,7,11,13H2,1-2H3,(H,35,39)/b37-24+. The highest BCUT2D eigenvalue weighted by Crippen LogP contribution is 2.34. The van der Waals surface area contributed by atoms with Crippen LogP contribution in [0.1, 0.15) is 52.8 Å². The number of aryl methyl sites for hydroxylation is 2. The predicted octanol–water partition coefficient (Wildman–Crippen LogP) is 8.14. The number of rotatable bonds is 5. The van der Waals surface area contributed by atoms with Gasteiger partial charge in [0.1, 0.15) is 5.76 Å². The number of carbonyl (C=O) groups excluding carboxylic acids is 1. The van der Waals surface area contributed by atoms with Gasteiger partial charge in [0.05, 0.1) is 17.0 Å². The smallest absolute Gasteiger partial charge is 0.416 e. The zero-order valence-electron chi connectivity index (χ0n) is 22.0. The molecule has 0 bridgehead atoms. The average Bonchev–Trinajstić information content (AvgIpc) is 3.46. The van der Waals surface area contributed by atoms with Crippen molar-refractivity contribution >= 4 is 44.8 Å². The number of hydrogen-bond acceptors (Lipinski definition) is 4. The first-order valence-electron chi connectivity index (χ1n) is 13.2. The maximum atomic E-state index is 13.4. The molecule has 0 saturated heterocycles. The van der Waals surface area contributed by atoms with Crippen LogP contribution < -0.4 is 10.7 Å². The van der Waals surface area contributed by atoms with E-state index in [1.807, 2.05) is 30.3 Å². The second-order valence-corrected chi connectivity index (χ2v) is 9.90. The number of aromatic nitrogens is 1. The lowest BCUT2D eigenvalue weighted by atomic mass is 9.93. The van der Waals surface area contributed by atoms with Crippen LogP contribution >= 0.6 is 0 Å². The zero-order valence-corrected chi connectivity index (χ0v) is 22.0. The van der Waals surface area contributed by atoms with Gasteiger partial charge in [-0.2, -0.15) is 18.3 Å². The SMILES string of the molecule is CCn1c2ccccc2c2cc(NC(=O)c3oc4c(c3C)/C(=N/Nc3cccc(C(F)(F)F)c3)CCC4)ccc21. The minimum absolute atomic E-state index is 0.203. The largest absolute Gasteiger partial charge is 0.455 e. The number of furan rings is 1. The Morgan fingerprint density at radius 3 is 2.58 bits per heavy atom. The summed E-state index contributed by atoms with van der Waals surface area (Å²) in [5.41, 5.74) is 7.16. The van der Waals surface area contributed by atoms with Gasteiger partial charge in [0.25, 0.3) is 5.91 Å². The van der Waals surface area contributed by atoms with E-state index in [4.69, 9.17) is 4.42 Å². The van der Waals surface area contributed by atoms with Crippen LogP contribution in [0.3, 0.4) is 0 Å². The molecule has 204 valence electrons. The lowest BCUT2D eigenvalue weighted by Gasteiger charge is -2.14. The Hall–Kier alpha value is -4.53. The van der Waals surface area contributed by atoms with E-state index in [1.54, 1.807) is 6.92 Å². The summed E-state index contributed by atoms with van der Waals surface area (Å²) in [6.07, 6.45) is -2.43. The number of hydrazone groups is 1. The molecule has 3 aromatic carbocycles. The molecule has 0 spiro atoms. The van der Waals surface area contributed by atoms with Gasteiger partial charge in [-0.25, -0.2) is 0 Å². The zero-order chi connectivity index (χ0) is 28.0. The van der Waals surface area contributed by atoms with Crippen molar-refractivity contribution in [1.82, 2.24) is 4.57 Å². The van der Waals surface area contributed by atoms with Gasteiger partial charge in [0.2, 0.25) is 0 Å². The fourth-order valence-corrected chi connectivity index (χ4v) is 5.55. The molecular formula is C31H27F3N4O2. The van der Waals surface area contributed by atoms with Crippen LogP contribution in [0, 0.1) is 6.92 Å². The van der Waals surface area contributed by atoms with Crippen molar-refractivity contribution in [2.45, 2.75) is 45.8 Å². The molecule has 0 saturated carbocycles. The average molecular weight is 545 g/mol. The molecule has 0 unspecified atom stereocenters. The number of amides is 1. The van der Waals surface area contributed by atoms with Crippen molar-refractivity contribution in [3.63, 3.8) is 0 Å². The first-order chi connectivity index (χ1) is 19.2. The van der Waals surface area contributed by atoms with Crippen molar-refractivity contribution in [3.8, 4) is 0 Å². The number of para-hydroxylation sites is 1. The van der Waals surface area contributed by atoms with Gasteiger partial charge >= 0.3 is 6.18 Å². The van der Waals surface area contributed by atoms with Crippen LogP contribution in [0.4, 0.5) is 24.5 Å². The number of alkyl halides is 3. The monoisotopic (exact) mass is 544 g/mol. The first-order valence-corrected chi connectivity index (χ1v) is 13.2. The van der Waals surface area contributed by atoms with Crippen molar-refractivity contribution in [2.75, 3.05) is 10.7 Å². The van der Waals surface area contributed by atoms with Gasteiger partial charge in [-0.15, -0.1) is 0 Å². The van der Waals surface area contributed by atoms with Crippen LogP contribution in [0.2, 0.25) is 0 Å². The minimum Gasteiger partial charge on any atom is -0.455 e. The topological polar surface area (TPSA) is 71.6 Å². The molecule has 2 N–H and O–H groups in total. The summed E-state index contributed by atoms with van der Waals surface area (Å²) in [4.78, 5) is 13.4. The second-order valence-electron chi connectivity index (χ2n) is 9.90. The molecule has 1 aliphatic carbocycles. The summed E-state index contributed by atoms with van der Waals surface area (Å²) >= 11 is 0. The molecule has 1 amide bonds. The number of hydrogen-bond donors (Lipinski definition) is 2. The Labute approximate surface area is 228 Å². The van der Waals surface area contributed by atoms with Crippen LogP contribution in [0.5, 0.6) is 0 Å². The van der Waals surface area contributed by atoms with E-state index >= 15 is 0 Å². The lowest BCUT2D eigenvalue weighted by molar-refractivity contribution is -0.137. The highest BCUT2D eigenvalue weighted by atomic mass is 19.4. The van der Waals surface area contributed by atoms with Gasteiger partial charge in [-0.3, -0.25) is 10.2 Å². The van der Waals surface area contributed by atoms with Gasteiger partial charge in [0, 0.05) is 51.6 Å². The number of fused-ring (bicyclic) bond motifs is 4. The van der Waals surface area contributed by atoms with E-state index in [0.29, 0.717) is 35.6 Å². The Morgan fingerprint density at radius 2 is 1.77 bits per heavy atom. The molecule has 0 atom stereocenters. The third-order valence-electron chi connectivity index (χ3n) is 7.39. The normalized spacial score (nSPS) is 14.6. The molecule has 0 radical (unpaired) electrons. The number of anilines is 2.